The Morgan fingerprint density at radius 3 is 2.22 bits per heavy atom. The fourth-order valence-corrected chi connectivity index (χ4v) is 0.394. The summed E-state index contributed by atoms with van der Waals surface area (Å²) in [7, 11) is 0. The molecule has 2 heteroatoms. The fourth-order valence-electron chi connectivity index (χ4n) is 0.394. The van der Waals surface area contributed by atoms with E-state index >= 15 is 0 Å². The summed E-state index contributed by atoms with van der Waals surface area (Å²) in [6.07, 6.45) is 5.08. The third-order valence-electron chi connectivity index (χ3n) is 0.899. The summed E-state index contributed by atoms with van der Waals surface area (Å²) in [6, 6.07) is 0. The zero-order chi connectivity index (χ0) is 7.28. The van der Waals surface area contributed by atoms with Gasteiger partial charge in [-0.1, -0.05) is 12.7 Å². The molecule has 0 aromatic heterocycles. The number of hydrogen-bond donors (Lipinski definition) is 2. The van der Waals surface area contributed by atoms with E-state index in [1.165, 1.54) is 6.08 Å². The highest BCUT2D eigenvalue weighted by atomic mass is 14.7. The lowest BCUT2D eigenvalue weighted by molar-refractivity contribution is 1.28. The van der Waals surface area contributed by atoms with E-state index in [1.807, 2.05) is 13.0 Å². The minimum absolute atomic E-state index is 0.521. The molecule has 50 valence electrons. The van der Waals surface area contributed by atoms with Gasteiger partial charge in [-0.05, 0) is 19.1 Å². The van der Waals surface area contributed by atoms with Crippen LogP contribution in [-0.2, 0) is 0 Å². The molecule has 0 bridgehead atoms. The molecular weight excluding hydrogens is 112 g/mol. The summed E-state index contributed by atoms with van der Waals surface area (Å²) in [5.41, 5.74) is 11.9. The van der Waals surface area contributed by atoms with E-state index in [1.54, 1.807) is 6.08 Å². The molecule has 0 aliphatic heterocycles. The summed E-state index contributed by atoms with van der Waals surface area (Å²) in [4.78, 5) is 0. The minimum Gasteiger partial charge on any atom is -0.397 e. The molecule has 0 atom stereocenters. The van der Waals surface area contributed by atoms with Crippen LogP contribution in [0.1, 0.15) is 6.92 Å². The van der Waals surface area contributed by atoms with Crippen LogP contribution in [0.5, 0.6) is 0 Å². The smallest absolute Gasteiger partial charge is 0.0544 e. The van der Waals surface area contributed by atoms with Crippen molar-refractivity contribution in [2.24, 2.45) is 11.5 Å². The molecule has 0 aromatic carbocycles. The molecule has 2 nitrogen and oxygen atoms in total. The van der Waals surface area contributed by atoms with Crippen molar-refractivity contribution in [2.75, 3.05) is 0 Å². The fraction of sp³-hybridized carbons (Fsp3) is 0.143. The zero-order valence-corrected chi connectivity index (χ0v) is 5.59. The molecular formula is C7H12N2. The molecule has 0 unspecified atom stereocenters. The molecule has 0 saturated heterocycles. The van der Waals surface area contributed by atoms with E-state index in [9.17, 15) is 0 Å². The Bertz CT molecular complexity index is 154. The van der Waals surface area contributed by atoms with Crippen LogP contribution in [0, 0.1) is 0 Å². The molecule has 4 N–H and O–H groups in total. The van der Waals surface area contributed by atoms with Crippen LogP contribution in [0.15, 0.2) is 36.2 Å². The van der Waals surface area contributed by atoms with Gasteiger partial charge in [-0.15, -0.1) is 0 Å². The van der Waals surface area contributed by atoms with Gasteiger partial charge < -0.3 is 11.5 Å². The Hall–Kier alpha value is -1.18. The maximum atomic E-state index is 5.43. The SMILES string of the molecule is C=C/C(N)=C(N)\C=C/C. The van der Waals surface area contributed by atoms with Gasteiger partial charge in [0.2, 0.25) is 0 Å². The van der Waals surface area contributed by atoms with Gasteiger partial charge in [0.25, 0.3) is 0 Å². The topological polar surface area (TPSA) is 52.0 Å². The maximum Gasteiger partial charge on any atom is 0.0544 e. The lowest BCUT2D eigenvalue weighted by Gasteiger charge is -1.94. The van der Waals surface area contributed by atoms with Crippen molar-refractivity contribution in [1.29, 1.82) is 0 Å². The van der Waals surface area contributed by atoms with Crippen LogP contribution in [0.3, 0.4) is 0 Å². The van der Waals surface area contributed by atoms with Crippen molar-refractivity contribution in [3.05, 3.63) is 36.2 Å². The van der Waals surface area contributed by atoms with Crippen LogP contribution in [0.2, 0.25) is 0 Å². The van der Waals surface area contributed by atoms with Crippen LogP contribution < -0.4 is 11.5 Å². The highest BCUT2D eigenvalue weighted by Crippen LogP contribution is 1.92. The Labute approximate surface area is 55.5 Å². The zero-order valence-electron chi connectivity index (χ0n) is 5.59. The maximum absolute atomic E-state index is 5.43. The third kappa shape index (κ3) is 2.59. The van der Waals surface area contributed by atoms with Gasteiger partial charge in [0.15, 0.2) is 0 Å². The summed E-state index contributed by atoms with van der Waals surface area (Å²) < 4.78 is 0. The van der Waals surface area contributed by atoms with Crippen LogP contribution in [0.4, 0.5) is 0 Å². The summed E-state index contributed by atoms with van der Waals surface area (Å²) >= 11 is 0. The molecule has 0 aliphatic carbocycles. The summed E-state index contributed by atoms with van der Waals surface area (Å²) in [5, 5.41) is 0. The lowest BCUT2D eigenvalue weighted by atomic mass is 10.3. The van der Waals surface area contributed by atoms with E-state index in [-0.39, 0.29) is 0 Å². The van der Waals surface area contributed by atoms with Crippen molar-refractivity contribution in [3.63, 3.8) is 0 Å². The first-order valence-corrected chi connectivity index (χ1v) is 2.72. The lowest BCUT2D eigenvalue weighted by Crippen LogP contribution is -2.04. The van der Waals surface area contributed by atoms with Gasteiger partial charge in [-0.3, -0.25) is 0 Å². The average Bonchev–Trinajstić information content (AvgIpc) is 1.87. The van der Waals surface area contributed by atoms with Crippen molar-refractivity contribution in [1.82, 2.24) is 0 Å². The molecule has 0 rings (SSSR count). The van der Waals surface area contributed by atoms with Crippen LogP contribution in [0.25, 0.3) is 0 Å². The van der Waals surface area contributed by atoms with Crippen molar-refractivity contribution >= 4 is 0 Å². The van der Waals surface area contributed by atoms with Crippen molar-refractivity contribution in [2.45, 2.75) is 6.92 Å². The monoisotopic (exact) mass is 124 g/mol. The Morgan fingerprint density at radius 2 is 1.89 bits per heavy atom. The summed E-state index contributed by atoms with van der Waals surface area (Å²) in [5.74, 6) is 0. The average molecular weight is 124 g/mol. The highest BCUT2D eigenvalue weighted by molar-refractivity contribution is 5.26. The first kappa shape index (κ1) is 7.82. The standard InChI is InChI=1S/C7H12N2/c1-3-5-7(9)6(8)4-2/h3-5H,2,8-9H2,1H3/b5-3-,7-6-. The van der Waals surface area contributed by atoms with Gasteiger partial charge in [0.1, 0.15) is 0 Å². The second kappa shape index (κ2) is 3.78. The third-order valence-corrected chi connectivity index (χ3v) is 0.899. The quantitative estimate of drug-likeness (QED) is 0.537. The number of allylic oxidation sites excluding steroid dienone is 3. The Kier molecular flexibility index (Phi) is 3.28. The second-order valence-electron chi connectivity index (χ2n) is 1.61. The normalized spacial score (nSPS) is 13.4. The first-order chi connectivity index (χ1) is 4.22. The number of hydrogen-bond acceptors (Lipinski definition) is 2. The highest BCUT2D eigenvalue weighted by Gasteiger charge is 1.85. The Morgan fingerprint density at radius 1 is 1.33 bits per heavy atom. The van der Waals surface area contributed by atoms with E-state index in [0.29, 0.717) is 11.4 Å². The van der Waals surface area contributed by atoms with E-state index in [4.69, 9.17) is 11.5 Å². The molecule has 0 fully saturated rings. The van der Waals surface area contributed by atoms with Gasteiger partial charge in [0, 0.05) is 0 Å². The second-order valence-corrected chi connectivity index (χ2v) is 1.61. The van der Waals surface area contributed by atoms with Crippen LogP contribution >= 0.6 is 0 Å². The molecule has 0 heterocycles. The molecule has 0 spiro atoms. The molecule has 0 saturated carbocycles. The van der Waals surface area contributed by atoms with E-state index in [0.717, 1.165) is 0 Å². The minimum atomic E-state index is 0.521. The molecule has 0 amide bonds. The van der Waals surface area contributed by atoms with E-state index in [2.05, 4.69) is 6.58 Å². The van der Waals surface area contributed by atoms with Crippen LogP contribution in [-0.4, -0.2) is 0 Å². The molecule has 0 aliphatic rings. The predicted molar refractivity (Wildman–Crippen MR) is 40.4 cm³/mol. The summed E-state index contributed by atoms with van der Waals surface area (Å²) in [6.45, 7) is 5.35. The first-order valence-electron chi connectivity index (χ1n) is 2.72. The van der Waals surface area contributed by atoms with Gasteiger partial charge in [-0.2, -0.15) is 0 Å². The number of rotatable bonds is 2. The molecule has 9 heavy (non-hydrogen) atoms. The largest absolute Gasteiger partial charge is 0.397 e. The van der Waals surface area contributed by atoms with Gasteiger partial charge >= 0.3 is 0 Å². The molecule has 0 aromatic rings. The van der Waals surface area contributed by atoms with Crippen molar-refractivity contribution < 1.29 is 0 Å². The van der Waals surface area contributed by atoms with E-state index < -0.39 is 0 Å². The molecule has 0 radical (unpaired) electrons. The Balaban J connectivity index is 4.27. The van der Waals surface area contributed by atoms with Crippen molar-refractivity contribution in [3.8, 4) is 0 Å². The van der Waals surface area contributed by atoms with Gasteiger partial charge in [-0.25, -0.2) is 0 Å². The predicted octanol–water partition coefficient (Wildman–Crippen LogP) is 0.878. The number of nitrogens with two attached hydrogens (primary N) is 2. The van der Waals surface area contributed by atoms with Gasteiger partial charge in [0.05, 0.1) is 11.4 Å².